The number of nitrogens with one attached hydrogen (secondary N) is 1. The van der Waals surface area contributed by atoms with Gasteiger partial charge in [-0.3, -0.25) is 4.79 Å². The predicted molar refractivity (Wildman–Crippen MR) is 98.3 cm³/mol. The lowest BCUT2D eigenvalue weighted by molar-refractivity contribution is -0.143. The minimum Gasteiger partial charge on any atom is -0.481 e. The van der Waals surface area contributed by atoms with Crippen molar-refractivity contribution in [2.45, 2.75) is 58.3 Å². The molecule has 2 aromatic rings. The van der Waals surface area contributed by atoms with Gasteiger partial charge in [0.05, 0.1) is 22.9 Å². The van der Waals surface area contributed by atoms with Crippen LogP contribution in [0.1, 0.15) is 48.2 Å². The van der Waals surface area contributed by atoms with Gasteiger partial charge < -0.3 is 10.4 Å². The first-order valence-electron chi connectivity index (χ1n) is 9.35. The van der Waals surface area contributed by atoms with Gasteiger partial charge in [-0.05, 0) is 63.3 Å². The largest absolute Gasteiger partial charge is 0.481 e. The van der Waals surface area contributed by atoms with Gasteiger partial charge in [-0.25, -0.2) is 4.68 Å². The van der Waals surface area contributed by atoms with Crippen molar-refractivity contribution < 1.29 is 23.1 Å². The fourth-order valence-corrected chi connectivity index (χ4v) is 3.80. The van der Waals surface area contributed by atoms with Crippen molar-refractivity contribution in [3.8, 4) is 5.69 Å². The Balaban J connectivity index is 1.76. The highest BCUT2D eigenvalue weighted by Gasteiger charge is 2.34. The summed E-state index contributed by atoms with van der Waals surface area (Å²) in [4.78, 5) is 11.0. The molecule has 0 bridgehead atoms. The second-order valence-corrected chi connectivity index (χ2v) is 7.45. The van der Waals surface area contributed by atoms with E-state index in [1.54, 1.807) is 19.9 Å². The number of alkyl halides is 3. The van der Waals surface area contributed by atoms with Gasteiger partial charge in [-0.1, -0.05) is 6.07 Å². The van der Waals surface area contributed by atoms with Crippen molar-refractivity contribution in [1.29, 1.82) is 0 Å². The average Bonchev–Trinajstić information content (AvgIpc) is 2.97. The smallest absolute Gasteiger partial charge is 0.416 e. The number of aliphatic carboxylic acids is 1. The second kappa shape index (κ2) is 7.95. The van der Waals surface area contributed by atoms with Crippen LogP contribution in [-0.2, 0) is 17.5 Å². The number of carbonyl (C=O) groups is 1. The number of aryl methyl sites for hydroxylation is 2. The van der Waals surface area contributed by atoms with Crippen molar-refractivity contribution in [1.82, 2.24) is 15.1 Å². The third-order valence-corrected chi connectivity index (χ3v) is 5.31. The van der Waals surface area contributed by atoms with Gasteiger partial charge in [-0.15, -0.1) is 0 Å². The molecule has 1 heterocycles. The molecule has 0 unspecified atom stereocenters. The minimum absolute atomic E-state index is 0.0346. The number of halogens is 3. The molecule has 1 aromatic heterocycles. The SMILES string of the molecule is Cc1cc(C)n(-c2ccc(CNC3CCC(C(=O)O)CC3)c(C(F)(F)F)c2)n1. The molecule has 8 heteroatoms. The van der Waals surface area contributed by atoms with Crippen LogP contribution in [0.5, 0.6) is 0 Å². The Labute approximate surface area is 161 Å². The van der Waals surface area contributed by atoms with Gasteiger partial charge >= 0.3 is 12.1 Å². The number of rotatable bonds is 5. The molecule has 5 nitrogen and oxygen atoms in total. The van der Waals surface area contributed by atoms with Gasteiger partial charge in [0.25, 0.3) is 0 Å². The van der Waals surface area contributed by atoms with Crippen LogP contribution in [0.3, 0.4) is 0 Å². The summed E-state index contributed by atoms with van der Waals surface area (Å²) in [5.41, 5.74) is 1.39. The minimum atomic E-state index is -4.47. The molecule has 1 aliphatic carbocycles. The number of benzene rings is 1. The van der Waals surface area contributed by atoms with Crippen molar-refractivity contribution in [2.75, 3.05) is 0 Å². The Morgan fingerprint density at radius 1 is 1.21 bits per heavy atom. The third-order valence-electron chi connectivity index (χ3n) is 5.31. The predicted octanol–water partition coefficient (Wildman–Crippen LogP) is 4.24. The molecule has 1 aromatic carbocycles. The van der Waals surface area contributed by atoms with E-state index in [1.165, 1.54) is 10.7 Å². The zero-order chi connectivity index (χ0) is 20.5. The molecule has 0 aliphatic heterocycles. The zero-order valence-corrected chi connectivity index (χ0v) is 15.9. The Morgan fingerprint density at radius 2 is 1.89 bits per heavy atom. The highest BCUT2D eigenvalue weighted by atomic mass is 19.4. The molecule has 1 aliphatic rings. The number of carboxylic acid groups (broad SMARTS) is 1. The second-order valence-electron chi connectivity index (χ2n) is 7.45. The van der Waals surface area contributed by atoms with Crippen molar-refractivity contribution in [3.05, 3.63) is 46.8 Å². The molecule has 0 radical (unpaired) electrons. The molecule has 1 fully saturated rings. The number of nitrogens with zero attached hydrogens (tertiary/aromatic N) is 2. The molecular formula is C20H24F3N3O2. The molecule has 0 amide bonds. The summed E-state index contributed by atoms with van der Waals surface area (Å²) < 4.78 is 42.4. The van der Waals surface area contributed by atoms with Crippen LogP contribution >= 0.6 is 0 Å². The van der Waals surface area contributed by atoms with E-state index in [-0.39, 0.29) is 24.1 Å². The van der Waals surface area contributed by atoms with E-state index < -0.39 is 17.7 Å². The van der Waals surface area contributed by atoms with Gasteiger partial charge in [0.15, 0.2) is 0 Å². The van der Waals surface area contributed by atoms with Crippen LogP contribution in [-0.4, -0.2) is 26.9 Å². The van der Waals surface area contributed by atoms with Crippen LogP contribution < -0.4 is 5.32 Å². The monoisotopic (exact) mass is 395 g/mol. The lowest BCUT2D eigenvalue weighted by atomic mass is 9.86. The van der Waals surface area contributed by atoms with E-state index in [4.69, 9.17) is 5.11 Å². The first-order chi connectivity index (χ1) is 13.1. The maximum Gasteiger partial charge on any atom is 0.416 e. The van der Waals surface area contributed by atoms with E-state index in [2.05, 4.69) is 10.4 Å². The van der Waals surface area contributed by atoms with Crippen LogP contribution in [0.2, 0.25) is 0 Å². The van der Waals surface area contributed by atoms with E-state index in [0.29, 0.717) is 31.4 Å². The first kappa shape index (κ1) is 20.4. The molecule has 3 rings (SSSR count). The van der Waals surface area contributed by atoms with Gasteiger partial charge in [0.1, 0.15) is 0 Å². The highest BCUT2D eigenvalue weighted by molar-refractivity contribution is 5.70. The van der Waals surface area contributed by atoms with Crippen LogP contribution in [0.4, 0.5) is 13.2 Å². The zero-order valence-electron chi connectivity index (χ0n) is 15.9. The summed E-state index contributed by atoms with van der Waals surface area (Å²) in [6.45, 7) is 3.69. The summed E-state index contributed by atoms with van der Waals surface area (Å²) in [5.74, 6) is -1.14. The Kier molecular flexibility index (Phi) is 5.79. The van der Waals surface area contributed by atoms with Crippen LogP contribution in [0.25, 0.3) is 5.69 Å². The van der Waals surface area contributed by atoms with E-state index in [0.717, 1.165) is 17.5 Å². The van der Waals surface area contributed by atoms with Crippen LogP contribution in [0, 0.1) is 19.8 Å². The summed E-state index contributed by atoms with van der Waals surface area (Å²) in [5, 5.41) is 16.5. The normalized spacial score (nSPS) is 20.3. The Hall–Kier alpha value is -2.35. The lowest BCUT2D eigenvalue weighted by Crippen LogP contribution is -2.35. The fourth-order valence-electron chi connectivity index (χ4n) is 3.80. The molecule has 152 valence electrons. The number of carboxylic acids is 1. The Morgan fingerprint density at radius 3 is 2.43 bits per heavy atom. The summed E-state index contributed by atoms with van der Waals surface area (Å²) in [6.07, 6.45) is -2.06. The third kappa shape index (κ3) is 4.55. The fraction of sp³-hybridized carbons (Fsp3) is 0.500. The highest BCUT2D eigenvalue weighted by Crippen LogP contribution is 2.34. The lowest BCUT2D eigenvalue weighted by Gasteiger charge is -2.27. The first-order valence-corrected chi connectivity index (χ1v) is 9.35. The summed E-state index contributed by atoms with van der Waals surface area (Å²) in [6, 6.07) is 6.12. The Bertz CT molecular complexity index is 853. The maximum atomic E-state index is 13.6. The van der Waals surface area contributed by atoms with E-state index in [9.17, 15) is 18.0 Å². The molecular weight excluding hydrogens is 371 g/mol. The van der Waals surface area contributed by atoms with Gasteiger partial charge in [0.2, 0.25) is 0 Å². The van der Waals surface area contributed by atoms with Gasteiger partial charge in [0, 0.05) is 18.3 Å². The molecule has 0 atom stereocenters. The van der Waals surface area contributed by atoms with E-state index in [1.807, 2.05) is 6.07 Å². The topological polar surface area (TPSA) is 67.2 Å². The van der Waals surface area contributed by atoms with E-state index >= 15 is 0 Å². The molecule has 2 N–H and O–H groups in total. The maximum absolute atomic E-state index is 13.6. The quantitative estimate of drug-likeness (QED) is 0.795. The van der Waals surface area contributed by atoms with Crippen molar-refractivity contribution in [2.24, 2.45) is 5.92 Å². The number of hydrogen-bond donors (Lipinski definition) is 2. The van der Waals surface area contributed by atoms with Crippen molar-refractivity contribution >= 4 is 5.97 Å². The number of hydrogen-bond acceptors (Lipinski definition) is 3. The molecule has 0 spiro atoms. The van der Waals surface area contributed by atoms with Gasteiger partial charge in [-0.2, -0.15) is 18.3 Å². The summed E-state index contributed by atoms with van der Waals surface area (Å²) >= 11 is 0. The summed E-state index contributed by atoms with van der Waals surface area (Å²) in [7, 11) is 0. The van der Waals surface area contributed by atoms with Crippen molar-refractivity contribution in [3.63, 3.8) is 0 Å². The van der Waals surface area contributed by atoms with Crippen LogP contribution in [0.15, 0.2) is 24.3 Å². The molecule has 0 saturated heterocycles. The average molecular weight is 395 g/mol. The number of aromatic nitrogens is 2. The molecule has 1 saturated carbocycles. The molecule has 28 heavy (non-hydrogen) atoms. The standard InChI is InChI=1S/C20H24F3N3O2/c1-12-9-13(2)26(25-12)17-8-5-15(18(10-17)20(21,22)23)11-24-16-6-3-14(4-7-16)19(27)28/h5,8-10,14,16,24H,3-4,6-7,11H2,1-2H3,(H,27,28).